The minimum atomic E-state index is -0.226. The van der Waals surface area contributed by atoms with Gasteiger partial charge < -0.3 is 14.6 Å². The number of anilines is 1. The molecule has 0 spiro atoms. The van der Waals surface area contributed by atoms with E-state index >= 15 is 0 Å². The second-order valence-electron chi connectivity index (χ2n) is 8.66. The van der Waals surface area contributed by atoms with Crippen LogP contribution in [0.1, 0.15) is 49.8 Å². The maximum atomic E-state index is 12.9. The van der Waals surface area contributed by atoms with E-state index in [9.17, 15) is 9.59 Å². The maximum Gasteiger partial charge on any atom is 0.289 e. The summed E-state index contributed by atoms with van der Waals surface area (Å²) in [4.78, 5) is 36.7. The maximum absolute atomic E-state index is 12.9. The Morgan fingerprint density at radius 3 is 2.74 bits per heavy atom. The van der Waals surface area contributed by atoms with Gasteiger partial charge in [-0.15, -0.1) is 22.7 Å². The molecule has 0 radical (unpaired) electrons. The number of fused-ring (bicyclic) bond motifs is 2. The molecule has 176 valence electrons. The van der Waals surface area contributed by atoms with Gasteiger partial charge in [-0.25, -0.2) is 9.97 Å². The first-order chi connectivity index (χ1) is 17.0. The number of carbonyl (C=O) groups is 2. The van der Waals surface area contributed by atoms with E-state index in [1.165, 1.54) is 11.3 Å². The Labute approximate surface area is 209 Å². The summed E-state index contributed by atoms with van der Waals surface area (Å²) in [7, 11) is 0. The van der Waals surface area contributed by atoms with E-state index in [1.807, 2.05) is 65.7 Å². The zero-order valence-corrected chi connectivity index (χ0v) is 20.6. The number of hydrogen-bond donors (Lipinski definition) is 1. The number of nitrogens with one attached hydrogen (secondary N) is 1. The Bertz CT molecular complexity index is 1530. The predicted molar refractivity (Wildman–Crippen MR) is 139 cm³/mol. The van der Waals surface area contributed by atoms with Crippen LogP contribution in [0, 0.1) is 6.92 Å². The molecule has 1 fully saturated rings. The number of likely N-dealkylation sites (tertiary alicyclic amines) is 1. The quantitative estimate of drug-likeness (QED) is 0.322. The minimum Gasteiger partial charge on any atom is -0.451 e. The van der Waals surface area contributed by atoms with E-state index in [4.69, 9.17) is 4.42 Å². The van der Waals surface area contributed by atoms with Crippen molar-refractivity contribution in [3.05, 3.63) is 75.4 Å². The Morgan fingerprint density at radius 2 is 1.91 bits per heavy atom. The third-order valence-electron chi connectivity index (χ3n) is 6.27. The normalized spacial score (nSPS) is 14.6. The Balaban J connectivity index is 1.08. The van der Waals surface area contributed by atoms with Gasteiger partial charge in [0.25, 0.3) is 11.8 Å². The van der Waals surface area contributed by atoms with Crippen molar-refractivity contribution in [1.29, 1.82) is 0 Å². The van der Waals surface area contributed by atoms with Gasteiger partial charge in [0.1, 0.15) is 11.3 Å². The Morgan fingerprint density at radius 1 is 1.09 bits per heavy atom. The summed E-state index contributed by atoms with van der Waals surface area (Å²) >= 11 is 3.14. The van der Waals surface area contributed by atoms with Crippen LogP contribution in [-0.2, 0) is 0 Å². The molecule has 3 aromatic heterocycles. The van der Waals surface area contributed by atoms with E-state index in [2.05, 4.69) is 15.3 Å². The van der Waals surface area contributed by atoms with Crippen molar-refractivity contribution in [1.82, 2.24) is 14.9 Å². The van der Waals surface area contributed by atoms with Gasteiger partial charge in [0.15, 0.2) is 5.76 Å². The molecule has 0 atom stereocenters. The molecule has 2 aromatic carbocycles. The summed E-state index contributed by atoms with van der Waals surface area (Å²) in [5, 5.41) is 7.61. The highest BCUT2D eigenvalue weighted by molar-refractivity contribution is 7.18. The molecule has 2 amide bonds. The number of furan rings is 1. The minimum absolute atomic E-state index is 0.0777. The summed E-state index contributed by atoms with van der Waals surface area (Å²) in [6, 6.07) is 15.2. The number of rotatable bonds is 4. The van der Waals surface area contributed by atoms with Gasteiger partial charge in [0.2, 0.25) is 0 Å². The highest BCUT2D eigenvalue weighted by atomic mass is 32.1. The number of para-hydroxylation sites is 1. The molecule has 7 nitrogen and oxygen atoms in total. The van der Waals surface area contributed by atoms with Crippen molar-refractivity contribution in [3.8, 4) is 0 Å². The van der Waals surface area contributed by atoms with E-state index in [0.29, 0.717) is 30.2 Å². The number of hydrogen-bond acceptors (Lipinski definition) is 7. The van der Waals surface area contributed by atoms with Gasteiger partial charge in [-0.1, -0.05) is 18.2 Å². The molecular weight excluding hydrogens is 480 g/mol. The number of aryl methyl sites for hydroxylation is 1. The van der Waals surface area contributed by atoms with Crippen LogP contribution in [-0.4, -0.2) is 39.8 Å². The van der Waals surface area contributed by atoms with Crippen molar-refractivity contribution < 1.29 is 14.0 Å². The van der Waals surface area contributed by atoms with Gasteiger partial charge in [-0.3, -0.25) is 9.59 Å². The van der Waals surface area contributed by atoms with Crippen molar-refractivity contribution in [2.24, 2.45) is 0 Å². The fraction of sp³-hybridized carbons (Fsp3) is 0.231. The van der Waals surface area contributed by atoms with Gasteiger partial charge in [0.05, 0.1) is 20.2 Å². The number of carbonyl (C=O) groups excluding carboxylic acids is 2. The van der Waals surface area contributed by atoms with Crippen LogP contribution in [0.25, 0.3) is 21.2 Å². The fourth-order valence-corrected chi connectivity index (χ4v) is 6.25. The summed E-state index contributed by atoms with van der Waals surface area (Å²) in [5.41, 5.74) is 2.73. The zero-order valence-electron chi connectivity index (χ0n) is 19.0. The molecule has 4 heterocycles. The van der Waals surface area contributed by atoms with Crippen LogP contribution in [0.2, 0.25) is 0 Å². The average Bonchev–Trinajstić information content (AvgIpc) is 3.60. The first-order valence-corrected chi connectivity index (χ1v) is 13.1. The van der Waals surface area contributed by atoms with Crippen molar-refractivity contribution in [2.45, 2.75) is 25.7 Å². The van der Waals surface area contributed by atoms with Crippen molar-refractivity contribution in [3.63, 3.8) is 0 Å². The van der Waals surface area contributed by atoms with E-state index in [1.54, 1.807) is 11.3 Å². The second kappa shape index (κ2) is 8.90. The van der Waals surface area contributed by atoms with Crippen LogP contribution < -0.4 is 5.32 Å². The largest absolute Gasteiger partial charge is 0.451 e. The van der Waals surface area contributed by atoms with E-state index in [-0.39, 0.29) is 17.7 Å². The molecule has 5 aromatic rings. The number of thiazole rings is 2. The topological polar surface area (TPSA) is 88.3 Å². The summed E-state index contributed by atoms with van der Waals surface area (Å²) in [6.45, 7) is 3.24. The number of piperidine rings is 1. The Kier molecular flexibility index (Phi) is 5.58. The average molecular weight is 503 g/mol. The SMILES string of the molecule is Cc1nc2cc(NC(=O)c3csc(C4CCN(C(=O)c5cc6ccccc6o5)CC4)n3)ccc2s1. The van der Waals surface area contributed by atoms with Crippen molar-refractivity contribution >= 4 is 61.4 Å². The smallest absolute Gasteiger partial charge is 0.289 e. The highest BCUT2D eigenvalue weighted by Crippen LogP contribution is 2.32. The molecule has 0 saturated carbocycles. The van der Waals surface area contributed by atoms with Crippen LogP contribution in [0.5, 0.6) is 0 Å². The monoisotopic (exact) mass is 502 g/mol. The van der Waals surface area contributed by atoms with Gasteiger partial charge >= 0.3 is 0 Å². The molecule has 1 saturated heterocycles. The number of amides is 2. The van der Waals surface area contributed by atoms with Gasteiger partial charge in [-0.2, -0.15) is 0 Å². The van der Waals surface area contributed by atoms with E-state index in [0.717, 1.165) is 44.0 Å². The van der Waals surface area contributed by atoms with Gasteiger partial charge in [0, 0.05) is 35.5 Å². The number of benzene rings is 2. The summed E-state index contributed by atoms with van der Waals surface area (Å²) < 4.78 is 6.85. The predicted octanol–water partition coefficient (Wildman–Crippen LogP) is 6.08. The fourth-order valence-electron chi connectivity index (χ4n) is 4.47. The molecule has 1 aliphatic heterocycles. The highest BCUT2D eigenvalue weighted by Gasteiger charge is 2.28. The van der Waals surface area contributed by atoms with Crippen LogP contribution >= 0.6 is 22.7 Å². The van der Waals surface area contributed by atoms with Crippen LogP contribution in [0.4, 0.5) is 5.69 Å². The zero-order chi connectivity index (χ0) is 23.9. The van der Waals surface area contributed by atoms with Gasteiger partial charge in [-0.05, 0) is 50.1 Å². The number of aromatic nitrogens is 2. The molecule has 1 aliphatic rings. The standard InChI is InChI=1S/C26H22N4O3S2/c1-15-27-19-13-18(6-7-23(19)35-15)28-24(31)20-14-34-25(29-20)16-8-10-30(11-9-16)26(32)22-12-17-4-2-3-5-21(17)33-22/h2-7,12-14,16H,8-11H2,1H3,(H,28,31). The molecular formula is C26H22N4O3S2. The second-order valence-corrected chi connectivity index (χ2v) is 10.8. The molecule has 0 aliphatic carbocycles. The molecule has 6 rings (SSSR count). The lowest BCUT2D eigenvalue weighted by Gasteiger charge is -2.30. The lowest BCUT2D eigenvalue weighted by Crippen LogP contribution is -2.37. The molecule has 0 bridgehead atoms. The lowest BCUT2D eigenvalue weighted by molar-refractivity contribution is 0.0683. The van der Waals surface area contributed by atoms with Crippen LogP contribution in [0.15, 0.2) is 58.3 Å². The molecule has 35 heavy (non-hydrogen) atoms. The molecule has 9 heteroatoms. The lowest BCUT2D eigenvalue weighted by atomic mass is 9.97. The van der Waals surface area contributed by atoms with Crippen LogP contribution in [0.3, 0.4) is 0 Å². The number of nitrogens with zero attached hydrogens (tertiary/aromatic N) is 3. The molecule has 0 unspecified atom stereocenters. The third kappa shape index (κ3) is 4.33. The van der Waals surface area contributed by atoms with Crippen molar-refractivity contribution in [2.75, 3.05) is 18.4 Å². The summed E-state index contributed by atoms with van der Waals surface area (Å²) in [5.74, 6) is 0.307. The molecule has 1 N–H and O–H groups in total. The van der Waals surface area contributed by atoms with E-state index < -0.39 is 0 Å². The first-order valence-electron chi connectivity index (χ1n) is 11.5. The third-order valence-corrected chi connectivity index (χ3v) is 8.23. The first kappa shape index (κ1) is 21.9. The summed E-state index contributed by atoms with van der Waals surface area (Å²) in [6.07, 6.45) is 1.61. The Hall–Kier alpha value is -3.56.